The van der Waals surface area contributed by atoms with Gasteiger partial charge in [0, 0.05) is 17.4 Å². The molecule has 0 aliphatic rings. The van der Waals surface area contributed by atoms with Crippen LogP contribution in [0.25, 0.3) is 11.0 Å². The quantitative estimate of drug-likeness (QED) is 0.751. The summed E-state index contributed by atoms with van der Waals surface area (Å²) < 4.78 is 1.86. The number of pyridine rings is 1. The lowest BCUT2D eigenvalue weighted by Crippen LogP contribution is -2.14. The lowest BCUT2D eigenvalue weighted by atomic mass is 10.0. The van der Waals surface area contributed by atoms with Crippen LogP contribution in [0.3, 0.4) is 0 Å². The molecule has 0 saturated heterocycles. The Balaban J connectivity index is 2.07. The summed E-state index contributed by atoms with van der Waals surface area (Å²) in [6.45, 7) is 10.3. The van der Waals surface area contributed by atoms with Gasteiger partial charge in [0.15, 0.2) is 5.65 Å². The van der Waals surface area contributed by atoms with Gasteiger partial charge >= 0.3 is 0 Å². The average molecular weight is 336 g/mol. The zero-order chi connectivity index (χ0) is 18.1. The van der Waals surface area contributed by atoms with Crippen molar-refractivity contribution in [3.63, 3.8) is 0 Å². The molecule has 0 atom stereocenters. The molecular formula is C20H24N4O. The van der Waals surface area contributed by atoms with E-state index in [0.29, 0.717) is 5.56 Å². The lowest BCUT2D eigenvalue weighted by Gasteiger charge is -2.12. The number of aromatic nitrogens is 3. The summed E-state index contributed by atoms with van der Waals surface area (Å²) in [7, 11) is 0. The largest absolute Gasteiger partial charge is 0.322 e. The molecule has 3 aromatic rings. The maximum absolute atomic E-state index is 12.9. The molecule has 0 aliphatic carbocycles. The minimum absolute atomic E-state index is 0.138. The Labute approximate surface area is 148 Å². The summed E-state index contributed by atoms with van der Waals surface area (Å²) in [5.74, 6) is 0.0901. The van der Waals surface area contributed by atoms with Gasteiger partial charge in [-0.15, -0.1) is 0 Å². The standard InChI is InChI=1S/C20H24N4O/c1-12(2)18-10-16(17-11-21-24(13(3)4)19(17)23-18)20(25)22-15-8-6-14(5)7-9-15/h6-13H,1-5H3,(H,22,25). The predicted molar refractivity (Wildman–Crippen MR) is 101 cm³/mol. The number of carbonyl (C=O) groups is 1. The van der Waals surface area contributed by atoms with Crippen molar-refractivity contribution in [1.29, 1.82) is 0 Å². The highest BCUT2D eigenvalue weighted by molar-refractivity contribution is 6.12. The van der Waals surface area contributed by atoms with Crippen molar-refractivity contribution < 1.29 is 4.79 Å². The number of nitrogens with zero attached hydrogens (tertiary/aromatic N) is 3. The van der Waals surface area contributed by atoms with Crippen LogP contribution in [0.2, 0.25) is 0 Å². The first-order valence-corrected chi connectivity index (χ1v) is 8.63. The van der Waals surface area contributed by atoms with Crippen LogP contribution in [0, 0.1) is 6.92 Å². The third-order valence-corrected chi connectivity index (χ3v) is 4.22. The van der Waals surface area contributed by atoms with Gasteiger partial charge in [0.2, 0.25) is 0 Å². The van der Waals surface area contributed by atoms with Gasteiger partial charge in [-0.1, -0.05) is 31.5 Å². The van der Waals surface area contributed by atoms with Crippen LogP contribution in [-0.2, 0) is 0 Å². The Morgan fingerprint density at radius 3 is 2.40 bits per heavy atom. The fraction of sp³-hybridized carbons (Fsp3) is 0.350. The van der Waals surface area contributed by atoms with Crippen LogP contribution in [0.15, 0.2) is 36.5 Å². The number of hydrogen-bond acceptors (Lipinski definition) is 3. The molecule has 1 aromatic carbocycles. The minimum atomic E-state index is -0.138. The SMILES string of the molecule is Cc1ccc(NC(=O)c2cc(C(C)C)nc3c2cnn3C(C)C)cc1. The highest BCUT2D eigenvalue weighted by Gasteiger charge is 2.19. The summed E-state index contributed by atoms with van der Waals surface area (Å²) in [5.41, 5.74) is 4.20. The summed E-state index contributed by atoms with van der Waals surface area (Å²) in [5, 5.41) is 8.19. The molecule has 1 N–H and O–H groups in total. The van der Waals surface area contributed by atoms with Crippen molar-refractivity contribution in [2.45, 2.75) is 46.6 Å². The van der Waals surface area contributed by atoms with E-state index >= 15 is 0 Å². The van der Waals surface area contributed by atoms with Crippen LogP contribution in [0.5, 0.6) is 0 Å². The molecule has 0 saturated carbocycles. The van der Waals surface area contributed by atoms with Crippen molar-refractivity contribution in [2.75, 3.05) is 5.32 Å². The molecule has 0 aliphatic heterocycles. The molecule has 2 heterocycles. The monoisotopic (exact) mass is 336 g/mol. The van der Waals surface area contributed by atoms with Crippen molar-refractivity contribution in [1.82, 2.24) is 14.8 Å². The van der Waals surface area contributed by atoms with E-state index in [1.165, 1.54) is 0 Å². The summed E-state index contributed by atoms with van der Waals surface area (Å²) in [6.07, 6.45) is 1.73. The summed E-state index contributed by atoms with van der Waals surface area (Å²) in [4.78, 5) is 17.6. The van der Waals surface area contributed by atoms with E-state index in [1.807, 2.05) is 41.9 Å². The smallest absolute Gasteiger partial charge is 0.256 e. The molecule has 5 heteroatoms. The maximum Gasteiger partial charge on any atom is 0.256 e. The fourth-order valence-electron chi connectivity index (χ4n) is 2.73. The van der Waals surface area contributed by atoms with E-state index in [-0.39, 0.29) is 17.9 Å². The van der Waals surface area contributed by atoms with Crippen LogP contribution >= 0.6 is 0 Å². The van der Waals surface area contributed by atoms with E-state index in [9.17, 15) is 4.79 Å². The topological polar surface area (TPSA) is 59.8 Å². The van der Waals surface area contributed by atoms with Gasteiger partial charge in [0.05, 0.1) is 17.1 Å². The van der Waals surface area contributed by atoms with Crippen molar-refractivity contribution in [3.8, 4) is 0 Å². The zero-order valence-electron chi connectivity index (χ0n) is 15.4. The van der Waals surface area contributed by atoms with Gasteiger partial charge in [0.1, 0.15) is 0 Å². The number of aryl methyl sites for hydroxylation is 1. The number of amides is 1. The highest BCUT2D eigenvalue weighted by Crippen LogP contribution is 2.25. The Hall–Kier alpha value is -2.69. The molecule has 0 unspecified atom stereocenters. The number of fused-ring (bicyclic) bond motifs is 1. The Bertz CT molecular complexity index is 907. The predicted octanol–water partition coefficient (Wildman–Crippen LogP) is 4.70. The van der Waals surface area contributed by atoms with Crippen LogP contribution in [0.1, 0.15) is 61.3 Å². The van der Waals surface area contributed by atoms with Gasteiger partial charge < -0.3 is 5.32 Å². The number of hydrogen-bond donors (Lipinski definition) is 1. The Morgan fingerprint density at radius 1 is 1.12 bits per heavy atom. The lowest BCUT2D eigenvalue weighted by molar-refractivity contribution is 0.102. The number of nitrogens with one attached hydrogen (secondary N) is 1. The van der Waals surface area contributed by atoms with E-state index in [4.69, 9.17) is 4.98 Å². The van der Waals surface area contributed by atoms with Gasteiger partial charge in [0.25, 0.3) is 5.91 Å². The molecule has 0 fully saturated rings. The first kappa shape index (κ1) is 17.1. The van der Waals surface area contributed by atoms with Crippen LogP contribution in [0.4, 0.5) is 5.69 Å². The third kappa shape index (κ3) is 3.40. The molecule has 0 radical (unpaired) electrons. The molecule has 25 heavy (non-hydrogen) atoms. The molecule has 5 nitrogen and oxygen atoms in total. The molecular weight excluding hydrogens is 312 g/mol. The molecule has 130 valence electrons. The van der Waals surface area contributed by atoms with E-state index < -0.39 is 0 Å². The summed E-state index contributed by atoms with van der Waals surface area (Å²) in [6, 6.07) is 9.84. The molecule has 2 aromatic heterocycles. The molecule has 0 spiro atoms. The number of anilines is 1. The van der Waals surface area contributed by atoms with Gasteiger partial charge in [-0.05, 0) is 44.9 Å². The second-order valence-corrected chi connectivity index (χ2v) is 6.99. The van der Waals surface area contributed by atoms with Gasteiger partial charge in [-0.25, -0.2) is 9.67 Å². The fourth-order valence-corrected chi connectivity index (χ4v) is 2.73. The minimum Gasteiger partial charge on any atom is -0.322 e. The summed E-state index contributed by atoms with van der Waals surface area (Å²) >= 11 is 0. The second kappa shape index (κ2) is 6.67. The van der Waals surface area contributed by atoms with Crippen molar-refractivity contribution in [2.24, 2.45) is 0 Å². The normalized spacial score (nSPS) is 11.5. The number of benzene rings is 1. The molecule has 1 amide bonds. The third-order valence-electron chi connectivity index (χ3n) is 4.22. The first-order chi connectivity index (χ1) is 11.9. The van der Waals surface area contributed by atoms with Crippen LogP contribution < -0.4 is 5.32 Å². The Morgan fingerprint density at radius 2 is 1.80 bits per heavy atom. The van der Waals surface area contributed by atoms with Crippen molar-refractivity contribution >= 4 is 22.6 Å². The second-order valence-electron chi connectivity index (χ2n) is 6.99. The number of carbonyl (C=O) groups excluding carboxylic acids is 1. The Kier molecular flexibility index (Phi) is 4.57. The van der Waals surface area contributed by atoms with E-state index in [1.54, 1.807) is 6.20 Å². The van der Waals surface area contributed by atoms with Crippen molar-refractivity contribution in [3.05, 3.63) is 53.3 Å². The average Bonchev–Trinajstić information content (AvgIpc) is 3.00. The van der Waals surface area contributed by atoms with Gasteiger partial charge in [-0.3, -0.25) is 4.79 Å². The zero-order valence-corrected chi connectivity index (χ0v) is 15.4. The maximum atomic E-state index is 12.9. The van der Waals surface area contributed by atoms with Gasteiger partial charge in [-0.2, -0.15) is 5.10 Å². The van der Waals surface area contributed by atoms with E-state index in [2.05, 4.69) is 38.1 Å². The van der Waals surface area contributed by atoms with E-state index in [0.717, 1.165) is 28.0 Å². The van der Waals surface area contributed by atoms with Crippen LogP contribution in [-0.4, -0.2) is 20.7 Å². The first-order valence-electron chi connectivity index (χ1n) is 8.63. The number of rotatable bonds is 4. The highest BCUT2D eigenvalue weighted by atomic mass is 16.1. The molecule has 3 rings (SSSR count). The molecule has 0 bridgehead atoms.